The summed E-state index contributed by atoms with van der Waals surface area (Å²) in [6.45, 7) is 1.67. The normalized spacial score (nSPS) is 12.9. The average molecular weight is 246 g/mol. The Morgan fingerprint density at radius 3 is 2.12 bits per heavy atom. The van der Waals surface area contributed by atoms with E-state index in [9.17, 15) is 14.4 Å². The van der Waals surface area contributed by atoms with Crippen LogP contribution in [0.5, 0.6) is 0 Å². The Balaban J connectivity index is 4.43. The average Bonchev–Trinajstić information content (AvgIpc) is 1.95. The van der Waals surface area contributed by atoms with Gasteiger partial charge >= 0.3 is 11.9 Å². The monoisotopic (exact) mass is 246 g/mol. The van der Waals surface area contributed by atoms with Crippen LogP contribution in [0.3, 0.4) is 0 Å². The number of carbonyl (C=O) groups is 3. The first-order valence-corrected chi connectivity index (χ1v) is 5.31. The smallest absolute Gasteiger partial charge is 0.313 e. The molecule has 0 saturated carbocycles. The highest BCUT2D eigenvalue weighted by Crippen LogP contribution is 2.06. The van der Waals surface area contributed by atoms with Crippen LogP contribution in [0.4, 0.5) is 0 Å². The maximum Gasteiger partial charge on any atom is 0.313 e. The molecule has 0 fully saturated rings. The topological polar surface area (TPSA) is 80.7 Å². The Morgan fingerprint density at radius 1 is 1.24 bits per heavy atom. The number of aliphatic carboxylic acids is 1. The van der Waals surface area contributed by atoms with Gasteiger partial charge in [-0.25, -0.2) is 0 Å². The lowest BCUT2D eigenvalue weighted by molar-refractivity contribution is -0.873. The molecule has 0 spiro atoms. The Hall–Kier alpha value is -1.43. The van der Waals surface area contributed by atoms with Crippen molar-refractivity contribution in [3.8, 4) is 0 Å². The highest BCUT2D eigenvalue weighted by Gasteiger charge is 2.25. The molecule has 1 atom stereocenters. The summed E-state index contributed by atoms with van der Waals surface area (Å²) in [5.74, 6) is -1.99. The highest BCUT2D eigenvalue weighted by molar-refractivity contribution is 5.94. The maximum atomic E-state index is 11.3. The van der Waals surface area contributed by atoms with Crippen molar-refractivity contribution >= 4 is 17.7 Å². The molecule has 0 aliphatic rings. The zero-order chi connectivity index (χ0) is 13.6. The largest absolute Gasteiger partial charge is 0.481 e. The minimum absolute atomic E-state index is 0.251. The van der Waals surface area contributed by atoms with Crippen molar-refractivity contribution in [2.75, 3.05) is 27.7 Å². The van der Waals surface area contributed by atoms with Gasteiger partial charge in [0.1, 0.15) is 18.7 Å². The number of likely N-dealkylation sites (N-methyl/N-ethyl adjacent to an activating group) is 1. The summed E-state index contributed by atoms with van der Waals surface area (Å²) in [5.41, 5.74) is 0. The molecular weight excluding hydrogens is 226 g/mol. The molecule has 17 heavy (non-hydrogen) atoms. The van der Waals surface area contributed by atoms with Gasteiger partial charge in [0.05, 0.1) is 27.6 Å². The van der Waals surface area contributed by atoms with Gasteiger partial charge in [0.25, 0.3) is 0 Å². The van der Waals surface area contributed by atoms with Crippen molar-refractivity contribution < 1.29 is 28.7 Å². The van der Waals surface area contributed by atoms with E-state index in [4.69, 9.17) is 9.84 Å². The van der Waals surface area contributed by atoms with E-state index in [1.54, 1.807) is 0 Å². The molecule has 0 aliphatic carbocycles. The fourth-order valence-electron chi connectivity index (χ4n) is 1.38. The van der Waals surface area contributed by atoms with Crippen molar-refractivity contribution in [3.05, 3.63) is 0 Å². The Morgan fingerprint density at radius 2 is 1.76 bits per heavy atom. The third-order valence-electron chi connectivity index (χ3n) is 1.85. The summed E-state index contributed by atoms with van der Waals surface area (Å²) in [4.78, 5) is 32.6. The predicted molar refractivity (Wildman–Crippen MR) is 60.3 cm³/mol. The minimum Gasteiger partial charge on any atom is -0.481 e. The Labute approximate surface area is 101 Å². The minimum atomic E-state index is -1.03. The van der Waals surface area contributed by atoms with Gasteiger partial charge in [-0.1, -0.05) is 0 Å². The fraction of sp³-hybridized carbons (Fsp3) is 0.727. The van der Waals surface area contributed by atoms with E-state index in [-0.39, 0.29) is 18.6 Å². The third-order valence-corrected chi connectivity index (χ3v) is 1.85. The van der Waals surface area contributed by atoms with Crippen LogP contribution in [-0.4, -0.2) is 61.1 Å². The summed E-state index contributed by atoms with van der Waals surface area (Å²) in [5, 5.41) is 8.71. The van der Waals surface area contributed by atoms with Crippen LogP contribution in [-0.2, 0) is 19.1 Å². The first-order valence-electron chi connectivity index (χ1n) is 5.31. The highest BCUT2D eigenvalue weighted by atomic mass is 16.5. The molecule has 0 aromatic rings. The van der Waals surface area contributed by atoms with Crippen LogP contribution in [0.2, 0.25) is 0 Å². The number of rotatable bonds is 7. The number of Topliss-reactive ketones (excluding diaryl/α,β-unsaturated/α-hetero) is 1. The molecule has 0 aliphatic heterocycles. The molecule has 0 saturated heterocycles. The summed E-state index contributed by atoms with van der Waals surface area (Å²) < 4.78 is 5.47. The van der Waals surface area contributed by atoms with Crippen molar-refractivity contribution in [1.29, 1.82) is 0 Å². The number of ether oxygens (including phenoxy) is 1. The molecule has 6 heteroatoms. The molecule has 0 radical (unpaired) electrons. The lowest BCUT2D eigenvalue weighted by atomic mass is 10.2. The number of ketones is 1. The van der Waals surface area contributed by atoms with Crippen LogP contribution in [0.1, 0.15) is 19.8 Å². The van der Waals surface area contributed by atoms with Crippen LogP contribution in [0, 0.1) is 0 Å². The third kappa shape index (κ3) is 9.50. The Bertz CT molecular complexity index is 305. The van der Waals surface area contributed by atoms with Gasteiger partial charge in [0.2, 0.25) is 0 Å². The molecule has 0 amide bonds. The quantitative estimate of drug-likeness (QED) is 0.390. The molecule has 6 nitrogen and oxygen atoms in total. The summed E-state index contributed by atoms with van der Waals surface area (Å²) in [6.07, 6.45) is -1.27. The van der Waals surface area contributed by atoms with Gasteiger partial charge in [0, 0.05) is 0 Å². The van der Waals surface area contributed by atoms with Crippen LogP contribution in [0.15, 0.2) is 0 Å². The SMILES string of the molecule is CC(=O)CC(=O)O[C@@H](CC(=O)O)C[N+](C)(C)C. The van der Waals surface area contributed by atoms with Crippen molar-refractivity contribution in [2.45, 2.75) is 25.9 Å². The van der Waals surface area contributed by atoms with E-state index in [1.807, 2.05) is 21.1 Å². The van der Waals surface area contributed by atoms with E-state index in [0.29, 0.717) is 11.0 Å². The molecule has 0 bridgehead atoms. The second kappa shape index (κ2) is 6.34. The standard InChI is InChI=1S/C11H19NO5/c1-8(13)5-11(16)17-9(6-10(14)15)7-12(2,3)4/h9H,5-7H2,1-4H3/p+1/t9-/m0/s1. The summed E-state index contributed by atoms with van der Waals surface area (Å²) in [6, 6.07) is 0. The van der Waals surface area contributed by atoms with Gasteiger partial charge in [0.15, 0.2) is 6.10 Å². The van der Waals surface area contributed by atoms with Crippen molar-refractivity contribution in [2.24, 2.45) is 0 Å². The van der Waals surface area contributed by atoms with E-state index in [2.05, 4.69) is 0 Å². The molecule has 1 N–H and O–H groups in total. The Kier molecular flexibility index (Phi) is 5.81. The molecule has 0 heterocycles. The second-order valence-electron chi connectivity index (χ2n) is 5.06. The zero-order valence-electron chi connectivity index (χ0n) is 10.7. The molecule has 0 rings (SSSR count). The van der Waals surface area contributed by atoms with Crippen molar-refractivity contribution in [1.82, 2.24) is 0 Å². The lowest BCUT2D eigenvalue weighted by Gasteiger charge is -2.28. The van der Waals surface area contributed by atoms with Crippen molar-refractivity contribution in [3.63, 3.8) is 0 Å². The number of carboxylic acid groups (broad SMARTS) is 1. The number of hydrogen-bond donors (Lipinski definition) is 1. The van der Waals surface area contributed by atoms with Gasteiger partial charge in [-0.3, -0.25) is 14.4 Å². The van der Waals surface area contributed by atoms with Crippen LogP contribution in [0.25, 0.3) is 0 Å². The van der Waals surface area contributed by atoms with E-state index < -0.39 is 18.0 Å². The summed E-state index contributed by atoms with van der Waals surface area (Å²) >= 11 is 0. The summed E-state index contributed by atoms with van der Waals surface area (Å²) in [7, 11) is 5.61. The van der Waals surface area contributed by atoms with Gasteiger partial charge in [-0.15, -0.1) is 0 Å². The van der Waals surface area contributed by atoms with E-state index in [0.717, 1.165) is 0 Å². The number of nitrogens with zero attached hydrogens (tertiary/aromatic N) is 1. The zero-order valence-corrected chi connectivity index (χ0v) is 10.7. The molecular formula is C11H20NO5+. The first-order chi connectivity index (χ1) is 7.60. The predicted octanol–water partition coefficient (Wildman–Crippen LogP) is 0.0582. The number of hydrogen-bond acceptors (Lipinski definition) is 4. The number of quaternary nitrogens is 1. The van der Waals surface area contributed by atoms with Gasteiger partial charge in [-0.2, -0.15) is 0 Å². The van der Waals surface area contributed by atoms with Crippen LogP contribution >= 0.6 is 0 Å². The molecule has 0 aromatic heterocycles. The lowest BCUT2D eigenvalue weighted by Crippen LogP contribution is -2.43. The first kappa shape index (κ1) is 15.6. The maximum absolute atomic E-state index is 11.3. The molecule has 0 unspecified atom stereocenters. The molecule has 0 aromatic carbocycles. The molecule has 98 valence electrons. The van der Waals surface area contributed by atoms with Gasteiger partial charge < -0.3 is 14.3 Å². The van der Waals surface area contributed by atoms with E-state index >= 15 is 0 Å². The number of carboxylic acids is 1. The fourth-order valence-corrected chi connectivity index (χ4v) is 1.38. The van der Waals surface area contributed by atoms with Gasteiger partial charge in [-0.05, 0) is 6.92 Å². The van der Waals surface area contributed by atoms with E-state index in [1.165, 1.54) is 6.92 Å². The second-order valence-corrected chi connectivity index (χ2v) is 5.06. The number of esters is 1. The van der Waals surface area contributed by atoms with Crippen LogP contribution < -0.4 is 0 Å². The number of carbonyl (C=O) groups excluding carboxylic acids is 2.